The van der Waals surface area contributed by atoms with Gasteiger partial charge in [-0.3, -0.25) is 20.0 Å². The van der Waals surface area contributed by atoms with Gasteiger partial charge in [0.25, 0.3) is 5.69 Å². The summed E-state index contributed by atoms with van der Waals surface area (Å²) >= 11 is 0. The zero-order chi connectivity index (χ0) is 11.7. The standard InChI is InChI=1S/C8H6N4O4/c13-7(14)2-6-5-1-4(12(15)16)3-9-8(5)11-10-6/h1,3H,2H2,(H,13,14)(H,9,10,11). The second-order valence-electron chi connectivity index (χ2n) is 3.09. The lowest BCUT2D eigenvalue weighted by Gasteiger charge is -1.93. The molecule has 2 aromatic rings. The fourth-order valence-corrected chi connectivity index (χ4v) is 1.32. The van der Waals surface area contributed by atoms with Crippen LogP contribution in [0, 0.1) is 10.1 Å². The van der Waals surface area contributed by atoms with E-state index in [1.807, 2.05) is 0 Å². The predicted molar refractivity (Wildman–Crippen MR) is 51.9 cm³/mol. The van der Waals surface area contributed by atoms with Crippen molar-refractivity contribution >= 4 is 22.7 Å². The van der Waals surface area contributed by atoms with Crippen molar-refractivity contribution in [2.75, 3.05) is 0 Å². The number of nitrogens with one attached hydrogen (secondary N) is 1. The minimum Gasteiger partial charge on any atom is -0.481 e. The molecule has 0 fully saturated rings. The first kappa shape index (κ1) is 10.0. The highest BCUT2D eigenvalue weighted by Crippen LogP contribution is 2.19. The van der Waals surface area contributed by atoms with Crippen LogP contribution in [0.2, 0.25) is 0 Å². The van der Waals surface area contributed by atoms with Crippen molar-refractivity contribution in [2.45, 2.75) is 6.42 Å². The summed E-state index contributed by atoms with van der Waals surface area (Å²) in [6, 6.07) is 1.25. The summed E-state index contributed by atoms with van der Waals surface area (Å²) in [5, 5.41) is 25.7. The molecule has 0 atom stereocenters. The van der Waals surface area contributed by atoms with Gasteiger partial charge in [0, 0.05) is 11.5 Å². The van der Waals surface area contributed by atoms with Gasteiger partial charge in [-0.1, -0.05) is 0 Å². The van der Waals surface area contributed by atoms with Crippen molar-refractivity contribution in [1.82, 2.24) is 15.2 Å². The first-order valence-corrected chi connectivity index (χ1v) is 4.27. The van der Waals surface area contributed by atoms with E-state index in [4.69, 9.17) is 5.11 Å². The molecule has 0 radical (unpaired) electrons. The first-order chi connectivity index (χ1) is 7.58. The van der Waals surface area contributed by atoms with Crippen LogP contribution in [0.25, 0.3) is 11.0 Å². The van der Waals surface area contributed by atoms with Crippen LogP contribution in [0.1, 0.15) is 5.69 Å². The van der Waals surface area contributed by atoms with E-state index in [1.165, 1.54) is 6.07 Å². The fraction of sp³-hybridized carbons (Fsp3) is 0.125. The zero-order valence-electron chi connectivity index (χ0n) is 7.88. The average Bonchev–Trinajstić information content (AvgIpc) is 2.60. The molecule has 0 aliphatic carbocycles. The molecule has 0 aliphatic rings. The Kier molecular flexibility index (Phi) is 2.24. The van der Waals surface area contributed by atoms with E-state index in [-0.39, 0.29) is 17.8 Å². The molecule has 0 amide bonds. The molecule has 0 spiro atoms. The SMILES string of the molecule is O=C(O)Cc1n[nH]c2ncc([N+](=O)[O-])cc12. The molecule has 8 heteroatoms. The summed E-state index contributed by atoms with van der Waals surface area (Å²) in [5.41, 5.74) is 0.376. The number of aromatic amines is 1. The van der Waals surface area contributed by atoms with Gasteiger partial charge in [0.2, 0.25) is 0 Å². The molecule has 0 saturated heterocycles. The van der Waals surface area contributed by atoms with Crippen molar-refractivity contribution in [3.05, 3.63) is 28.1 Å². The number of aliphatic carboxylic acids is 1. The van der Waals surface area contributed by atoms with Crippen LogP contribution < -0.4 is 0 Å². The van der Waals surface area contributed by atoms with Crippen LogP contribution in [0.4, 0.5) is 5.69 Å². The topological polar surface area (TPSA) is 122 Å². The maximum absolute atomic E-state index is 10.5. The second kappa shape index (κ2) is 3.57. The van der Waals surface area contributed by atoms with Gasteiger partial charge in [-0.05, 0) is 0 Å². The summed E-state index contributed by atoms with van der Waals surface area (Å²) in [6.45, 7) is 0. The largest absolute Gasteiger partial charge is 0.481 e. The summed E-state index contributed by atoms with van der Waals surface area (Å²) in [5.74, 6) is -1.06. The third-order valence-corrected chi connectivity index (χ3v) is 2.01. The van der Waals surface area contributed by atoms with Gasteiger partial charge < -0.3 is 5.11 Å². The summed E-state index contributed by atoms with van der Waals surface area (Å²) < 4.78 is 0. The van der Waals surface area contributed by atoms with E-state index in [0.29, 0.717) is 11.0 Å². The molecule has 0 saturated carbocycles. The van der Waals surface area contributed by atoms with Gasteiger partial charge in [-0.25, -0.2) is 4.98 Å². The second-order valence-corrected chi connectivity index (χ2v) is 3.09. The number of aromatic nitrogens is 3. The average molecular weight is 222 g/mol. The van der Waals surface area contributed by atoms with Gasteiger partial charge in [-0.15, -0.1) is 0 Å². The van der Waals surface area contributed by atoms with Crippen LogP contribution in [-0.2, 0) is 11.2 Å². The Labute approximate surface area is 88.1 Å². The summed E-state index contributed by atoms with van der Waals surface area (Å²) in [6.07, 6.45) is 0.786. The maximum Gasteiger partial charge on any atom is 0.309 e. The summed E-state index contributed by atoms with van der Waals surface area (Å²) in [4.78, 5) is 24.2. The molecule has 2 aromatic heterocycles. The molecule has 0 aromatic carbocycles. The Morgan fingerprint density at radius 2 is 2.38 bits per heavy atom. The Morgan fingerprint density at radius 3 is 3.00 bits per heavy atom. The molecule has 2 rings (SSSR count). The Bertz CT molecular complexity index is 576. The van der Waals surface area contributed by atoms with Crippen LogP contribution >= 0.6 is 0 Å². The first-order valence-electron chi connectivity index (χ1n) is 4.27. The molecular formula is C8H6N4O4. The number of hydrogen-bond acceptors (Lipinski definition) is 5. The Balaban J connectivity index is 2.55. The third kappa shape index (κ3) is 1.67. The highest BCUT2D eigenvalue weighted by Gasteiger charge is 2.14. The summed E-state index contributed by atoms with van der Waals surface area (Å²) in [7, 11) is 0. The maximum atomic E-state index is 10.5. The number of carboxylic acids is 1. The van der Waals surface area contributed by atoms with Gasteiger partial charge in [0.1, 0.15) is 6.20 Å². The van der Waals surface area contributed by atoms with Gasteiger partial charge >= 0.3 is 5.97 Å². The van der Waals surface area contributed by atoms with Crippen molar-refractivity contribution < 1.29 is 14.8 Å². The van der Waals surface area contributed by atoms with E-state index in [2.05, 4.69) is 15.2 Å². The quantitative estimate of drug-likeness (QED) is 0.575. The molecule has 82 valence electrons. The molecule has 0 bridgehead atoms. The van der Waals surface area contributed by atoms with E-state index >= 15 is 0 Å². The van der Waals surface area contributed by atoms with Crippen LogP contribution in [0.3, 0.4) is 0 Å². The van der Waals surface area contributed by atoms with Gasteiger partial charge in [0.15, 0.2) is 5.65 Å². The van der Waals surface area contributed by atoms with Crippen LogP contribution in [0.5, 0.6) is 0 Å². The monoisotopic (exact) mass is 222 g/mol. The van der Waals surface area contributed by atoms with Crippen molar-refractivity contribution in [1.29, 1.82) is 0 Å². The number of carboxylic acid groups (broad SMARTS) is 1. The number of H-pyrrole nitrogens is 1. The molecule has 2 heterocycles. The van der Waals surface area contributed by atoms with Crippen molar-refractivity contribution in [2.24, 2.45) is 0 Å². The van der Waals surface area contributed by atoms with Gasteiger partial charge in [-0.2, -0.15) is 5.10 Å². The van der Waals surface area contributed by atoms with Crippen LogP contribution in [-0.4, -0.2) is 31.2 Å². The van der Waals surface area contributed by atoms with Gasteiger partial charge in [0.05, 0.1) is 17.0 Å². The van der Waals surface area contributed by atoms with Crippen LogP contribution in [0.15, 0.2) is 12.3 Å². The molecule has 8 nitrogen and oxygen atoms in total. The number of pyridine rings is 1. The minimum absolute atomic E-state index is 0.194. The molecule has 0 aliphatic heterocycles. The molecular weight excluding hydrogens is 216 g/mol. The Hall–Kier alpha value is -2.51. The highest BCUT2D eigenvalue weighted by molar-refractivity contribution is 5.83. The number of nitro groups is 1. The molecule has 2 N–H and O–H groups in total. The number of rotatable bonds is 3. The van der Waals surface area contributed by atoms with Crippen molar-refractivity contribution in [3.8, 4) is 0 Å². The fourth-order valence-electron chi connectivity index (χ4n) is 1.32. The van der Waals surface area contributed by atoms with E-state index in [0.717, 1.165) is 6.20 Å². The normalized spacial score (nSPS) is 10.5. The van der Waals surface area contributed by atoms with E-state index < -0.39 is 10.9 Å². The lowest BCUT2D eigenvalue weighted by molar-refractivity contribution is -0.385. The van der Waals surface area contributed by atoms with E-state index in [1.54, 1.807) is 0 Å². The molecule has 16 heavy (non-hydrogen) atoms. The van der Waals surface area contributed by atoms with E-state index in [9.17, 15) is 14.9 Å². The molecule has 0 unspecified atom stereocenters. The minimum atomic E-state index is -1.06. The number of carbonyl (C=O) groups is 1. The lowest BCUT2D eigenvalue weighted by Crippen LogP contribution is -2.00. The zero-order valence-corrected chi connectivity index (χ0v) is 7.88. The smallest absolute Gasteiger partial charge is 0.309 e. The predicted octanol–water partition coefficient (Wildman–Crippen LogP) is 0.493. The Morgan fingerprint density at radius 1 is 1.62 bits per heavy atom. The number of nitrogens with zero attached hydrogens (tertiary/aromatic N) is 3. The third-order valence-electron chi connectivity index (χ3n) is 2.01. The van der Waals surface area contributed by atoms with Crippen molar-refractivity contribution in [3.63, 3.8) is 0 Å². The number of fused-ring (bicyclic) bond motifs is 1. The lowest BCUT2D eigenvalue weighted by atomic mass is 10.2. The highest BCUT2D eigenvalue weighted by atomic mass is 16.6. The number of hydrogen-bond donors (Lipinski definition) is 2.